The highest BCUT2D eigenvalue weighted by atomic mass is 16.7. The maximum Gasteiger partial charge on any atom is 0.216 e. The normalized spacial score (nSPS) is 11.6. The number of aliphatic hydroxyl groups is 2. The molecule has 11 heavy (non-hydrogen) atoms. The van der Waals surface area contributed by atoms with Gasteiger partial charge in [0, 0.05) is 19.8 Å². The van der Waals surface area contributed by atoms with E-state index >= 15 is 0 Å². The van der Waals surface area contributed by atoms with E-state index in [0.29, 0.717) is 5.57 Å². The summed E-state index contributed by atoms with van der Waals surface area (Å²) in [5.41, 5.74) is 0.296. The van der Waals surface area contributed by atoms with E-state index in [1.807, 2.05) is 0 Å². The van der Waals surface area contributed by atoms with E-state index in [4.69, 9.17) is 19.7 Å². The maximum atomic E-state index is 8.86. The molecule has 2 N–H and O–H groups in total. The highest BCUT2D eigenvalue weighted by Crippen LogP contribution is 2.18. The number of ether oxygens (including phenoxy) is 2. The summed E-state index contributed by atoms with van der Waals surface area (Å²) in [5.74, 6) is -1.26. The molecule has 0 atom stereocenters. The molecular formula is C7H14O4. The second kappa shape index (κ2) is 4.46. The SMILES string of the molecule is C=C(CO)C(CO)(OC)OC. The van der Waals surface area contributed by atoms with Crippen LogP contribution in [0.5, 0.6) is 0 Å². The first-order valence-corrected chi connectivity index (χ1v) is 3.17. The van der Waals surface area contributed by atoms with Gasteiger partial charge in [-0.25, -0.2) is 0 Å². The average Bonchev–Trinajstić information content (AvgIpc) is 2.08. The van der Waals surface area contributed by atoms with Crippen molar-refractivity contribution in [1.82, 2.24) is 0 Å². The van der Waals surface area contributed by atoms with Crippen molar-refractivity contribution < 1.29 is 19.7 Å². The molecule has 0 aliphatic heterocycles. The third-order valence-corrected chi connectivity index (χ3v) is 1.60. The molecule has 0 unspecified atom stereocenters. The lowest BCUT2D eigenvalue weighted by molar-refractivity contribution is -0.202. The Morgan fingerprint density at radius 3 is 1.91 bits per heavy atom. The van der Waals surface area contributed by atoms with Crippen LogP contribution in [-0.2, 0) is 9.47 Å². The lowest BCUT2D eigenvalue weighted by Crippen LogP contribution is -2.40. The van der Waals surface area contributed by atoms with E-state index < -0.39 is 5.79 Å². The summed E-state index contributed by atoms with van der Waals surface area (Å²) in [6.45, 7) is 2.86. The van der Waals surface area contributed by atoms with Gasteiger partial charge in [-0.1, -0.05) is 6.58 Å². The maximum absolute atomic E-state index is 8.86. The highest BCUT2D eigenvalue weighted by Gasteiger charge is 2.31. The molecule has 0 rings (SSSR count). The largest absolute Gasteiger partial charge is 0.392 e. The fraction of sp³-hybridized carbons (Fsp3) is 0.714. The number of methoxy groups -OCH3 is 2. The van der Waals surface area contributed by atoms with Crippen LogP contribution >= 0.6 is 0 Å². The van der Waals surface area contributed by atoms with Gasteiger partial charge in [0.25, 0.3) is 0 Å². The zero-order chi connectivity index (χ0) is 8.91. The van der Waals surface area contributed by atoms with Crippen molar-refractivity contribution in [2.24, 2.45) is 0 Å². The quantitative estimate of drug-likeness (QED) is 0.423. The first-order chi connectivity index (χ1) is 5.16. The van der Waals surface area contributed by atoms with E-state index in [2.05, 4.69) is 6.58 Å². The first-order valence-electron chi connectivity index (χ1n) is 3.17. The third kappa shape index (κ3) is 2.00. The van der Waals surface area contributed by atoms with Crippen molar-refractivity contribution in [3.8, 4) is 0 Å². The van der Waals surface area contributed by atoms with Crippen molar-refractivity contribution in [2.45, 2.75) is 5.79 Å². The smallest absolute Gasteiger partial charge is 0.216 e. The predicted octanol–water partition coefficient (Wildman–Crippen LogP) is -0.484. The van der Waals surface area contributed by atoms with Crippen LogP contribution in [0.1, 0.15) is 0 Å². The van der Waals surface area contributed by atoms with Crippen LogP contribution in [0, 0.1) is 0 Å². The summed E-state index contributed by atoms with van der Waals surface area (Å²) in [6, 6.07) is 0. The molecule has 0 aromatic carbocycles. The van der Waals surface area contributed by atoms with Gasteiger partial charge in [0.05, 0.1) is 6.61 Å². The topological polar surface area (TPSA) is 58.9 Å². The van der Waals surface area contributed by atoms with Gasteiger partial charge in [-0.05, 0) is 0 Å². The number of hydrogen-bond acceptors (Lipinski definition) is 4. The van der Waals surface area contributed by atoms with E-state index in [9.17, 15) is 0 Å². The Morgan fingerprint density at radius 2 is 1.82 bits per heavy atom. The van der Waals surface area contributed by atoms with Gasteiger partial charge in [0.2, 0.25) is 5.79 Å². The Hall–Kier alpha value is -0.420. The molecule has 0 aromatic rings. The second-order valence-electron chi connectivity index (χ2n) is 2.08. The van der Waals surface area contributed by atoms with Crippen molar-refractivity contribution in [3.63, 3.8) is 0 Å². The number of aliphatic hydroxyl groups excluding tert-OH is 2. The highest BCUT2D eigenvalue weighted by molar-refractivity contribution is 5.08. The standard InChI is InChI=1S/C7H14O4/c1-6(4-8)7(5-9,10-2)11-3/h8-9H,1,4-5H2,2-3H3. The monoisotopic (exact) mass is 162 g/mol. The van der Waals surface area contributed by atoms with Gasteiger partial charge in [0.1, 0.15) is 6.61 Å². The van der Waals surface area contributed by atoms with Crippen molar-refractivity contribution in [2.75, 3.05) is 27.4 Å². The molecule has 0 saturated heterocycles. The van der Waals surface area contributed by atoms with Crippen LogP contribution in [0.4, 0.5) is 0 Å². The zero-order valence-corrected chi connectivity index (χ0v) is 6.83. The Bertz CT molecular complexity index is 120. The number of rotatable bonds is 5. The van der Waals surface area contributed by atoms with Gasteiger partial charge < -0.3 is 19.7 Å². The first kappa shape index (κ1) is 10.6. The molecule has 0 amide bonds. The molecule has 0 bridgehead atoms. The van der Waals surface area contributed by atoms with Crippen LogP contribution in [0.3, 0.4) is 0 Å². The minimum Gasteiger partial charge on any atom is -0.392 e. The lowest BCUT2D eigenvalue weighted by atomic mass is 10.1. The molecular weight excluding hydrogens is 148 g/mol. The second-order valence-corrected chi connectivity index (χ2v) is 2.08. The van der Waals surface area contributed by atoms with Crippen LogP contribution in [-0.4, -0.2) is 43.4 Å². The summed E-state index contributed by atoms with van der Waals surface area (Å²) in [5, 5.41) is 17.5. The van der Waals surface area contributed by atoms with Crippen molar-refractivity contribution >= 4 is 0 Å². The van der Waals surface area contributed by atoms with Gasteiger partial charge >= 0.3 is 0 Å². The summed E-state index contributed by atoms with van der Waals surface area (Å²) < 4.78 is 9.71. The van der Waals surface area contributed by atoms with Gasteiger partial charge in [-0.3, -0.25) is 0 Å². The van der Waals surface area contributed by atoms with Crippen molar-refractivity contribution in [1.29, 1.82) is 0 Å². The fourth-order valence-electron chi connectivity index (χ4n) is 0.733. The molecule has 0 aromatic heterocycles. The summed E-state index contributed by atoms with van der Waals surface area (Å²) in [4.78, 5) is 0. The number of hydrogen-bond donors (Lipinski definition) is 2. The Morgan fingerprint density at radius 1 is 1.36 bits per heavy atom. The summed E-state index contributed by atoms with van der Waals surface area (Å²) in [7, 11) is 2.75. The molecule has 0 radical (unpaired) electrons. The van der Waals surface area contributed by atoms with Gasteiger partial charge in [-0.2, -0.15) is 0 Å². The Balaban J connectivity index is 4.39. The average molecular weight is 162 g/mol. The van der Waals surface area contributed by atoms with Crippen LogP contribution < -0.4 is 0 Å². The summed E-state index contributed by atoms with van der Waals surface area (Å²) in [6.07, 6.45) is 0. The molecule has 0 aliphatic rings. The molecule has 4 nitrogen and oxygen atoms in total. The predicted molar refractivity (Wildman–Crippen MR) is 40.1 cm³/mol. The molecule has 0 fully saturated rings. The third-order valence-electron chi connectivity index (χ3n) is 1.60. The lowest BCUT2D eigenvalue weighted by Gasteiger charge is -2.29. The van der Waals surface area contributed by atoms with Gasteiger partial charge in [-0.15, -0.1) is 0 Å². The minimum absolute atomic E-state index is 0.276. The van der Waals surface area contributed by atoms with Gasteiger partial charge in [0.15, 0.2) is 0 Å². The molecule has 66 valence electrons. The van der Waals surface area contributed by atoms with E-state index in [1.165, 1.54) is 14.2 Å². The van der Waals surface area contributed by atoms with Crippen LogP contribution in [0.25, 0.3) is 0 Å². The minimum atomic E-state index is -1.26. The Kier molecular flexibility index (Phi) is 4.29. The zero-order valence-electron chi connectivity index (χ0n) is 6.83. The summed E-state index contributed by atoms with van der Waals surface area (Å²) >= 11 is 0. The molecule has 0 heterocycles. The molecule has 4 heteroatoms. The van der Waals surface area contributed by atoms with E-state index in [1.54, 1.807) is 0 Å². The van der Waals surface area contributed by atoms with E-state index in [-0.39, 0.29) is 13.2 Å². The molecule has 0 aliphatic carbocycles. The fourth-order valence-corrected chi connectivity index (χ4v) is 0.733. The molecule has 0 spiro atoms. The van der Waals surface area contributed by atoms with Crippen molar-refractivity contribution in [3.05, 3.63) is 12.2 Å². The van der Waals surface area contributed by atoms with Crippen LogP contribution in [0.2, 0.25) is 0 Å². The Labute approximate surface area is 66.1 Å². The molecule has 0 saturated carbocycles. The van der Waals surface area contributed by atoms with E-state index in [0.717, 1.165) is 0 Å². The van der Waals surface area contributed by atoms with Crippen LogP contribution in [0.15, 0.2) is 12.2 Å².